The number of anilines is 1. The van der Waals surface area contributed by atoms with Crippen LogP contribution in [0.5, 0.6) is 0 Å². The van der Waals surface area contributed by atoms with Crippen LogP contribution in [0.2, 0.25) is 5.02 Å². The summed E-state index contributed by atoms with van der Waals surface area (Å²) in [6.07, 6.45) is 0. The van der Waals surface area contributed by atoms with E-state index in [4.69, 9.17) is 28.6 Å². The van der Waals surface area contributed by atoms with Crippen LogP contribution in [0, 0.1) is 5.41 Å². The van der Waals surface area contributed by atoms with Gasteiger partial charge >= 0.3 is 0 Å². The fourth-order valence-corrected chi connectivity index (χ4v) is 3.62. The Labute approximate surface area is 176 Å². The largest absolute Gasteiger partial charge is 0.383 e. The van der Waals surface area contributed by atoms with Gasteiger partial charge in [0.1, 0.15) is 0 Å². The SMILES string of the molecule is CC(C)(CNc1ccc(Cl)cc1C(=O)c1ccccc1)C(=S)N1CCOCC1. The van der Waals surface area contributed by atoms with Crippen LogP contribution in [-0.4, -0.2) is 48.5 Å². The summed E-state index contributed by atoms with van der Waals surface area (Å²) in [5.41, 5.74) is 1.71. The first kappa shape index (κ1) is 20.8. The van der Waals surface area contributed by atoms with Gasteiger partial charge < -0.3 is 15.0 Å². The summed E-state index contributed by atoms with van der Waals surface area (Å²) in [6, 6.07) is 14.6. The van der Waals surface area contributed by atoms with E-state index in [-0.39, 0.29) is 11.2 Å². The molecule has 0 atom stereocenters. The number of benzene rings is 2. The van der Waals surface area contributed by atoms with Crippen LogP contribution >= 0.6 is 23.8 Å². The van der Waals surface area contributed by atoms with Crippen LogP contribution in [-0.2, 0) is 4.74 Å². The minimum absolute atomic E-state index is 0.0563. The number of thiocarbonyl (C=S) groups is 1. The molecule has 1 aliphatic rings. The molecule has 1 N–H and O–H groups in total. The fourth-order valence-electron chi connectivity index (χ4n) is 3.19. The van der Waals surface area contributed by atoms with Crippen molar-refractivity contribution < 1.29 is 9.53 Å². The molecule has 0 amide bonds. The first-order valence-corrected chi connectivity index (χ1v) is 10.2. The lowest BCUT2D eigenvalue weighted by molar-refractivity contribution is 0.0658. The van der Waals surface area contributed by atoms with Crippen LogP contribution in [0.15, 0.2) is 48.5 Å². The summed E-state index contributed by atoms with van der Waals surface area (Å²) in [4.78, 5) is 16.1. The molecule has 2 aromatic rings. The van der Waals surface area contributed by atoms with Gasteiger partial charge in [-0.1, -0.05) is 68.0 Å². The molecule has 0 aromatic heterocycles. The Morgan fingerprint density at radius 3 is 2.54 bits per heavy atom. The third-order valence-corrected chi connectivity index (χ3v) is 5.91. The number of nitrogens with one attached hydrogen (secondary N) is 1. The molecule has 0 saturated carbocycles. The van der Waals surface area contributed by atoms with Crippen molar-refractivity contribution in [1.82, 2.24) is 4.90 Å². The smallest absolute Gasteiger partial charge is 0.195 e. The van der Waals surface area contributed by atoms with Gasteiger partial charge in [-0.2, -0.15) is 0 Å². The van der Waals surface area contributed by atoms with E-state index in [0.717, 1.165) is 23.8 Å². The predicted molar refractivity (Wildman–Crippen MR) is 119 cm³/mol. The average Bonchev–Trinajstić information content (AvgIpc) is 2.73. The van der Waals surface area contributed by atoms with Gasteiger partial charge in [-0.05, 0) is 18.2 Å². The lowest BCUT2D eigenvalue weighted by Crippen LogP contribution is -2.47. The number of ether oxygens (including phenoxy) is 1. The monoisotopic (exact) mass is 416 g/mol. The van der Waals surface area contributed by atoms with Gasteiger partial charge in [0.2, 0.25) is 0 Å². The van der Waals surface area contributed by atoms with E-state index >= 15 is 0 Å². The van der Waals surface area contributed by atoms with Crippen molar-refractivity contribution >= 4 is 40.3 Å². The van der Waals surface area contributed by atoms with Gasteiger partial charge in [0.15, 0.2) is 5.78 Å². The lowest BCUT2D eigenvalue weighted by atomic mass is 9.91. The van der Waals surface area contributed by atoms with Crippen molar-refractivity contribution in [3.8, 4) is 0 Å². The standard InChI is InChI=1S/C22H25ClN2O2S/c1-22(2,21(28)25-10-12-27-13-11-25)15-24-19-9-8-17(23)14-18(19)20(26)16-6-4-3-5-7-16/h3-9,14,24H,10-13,15H2,1-2H3. The van der Waals surface area contributed by atoms with Gasteiger partial charge in [0.05, 0.1) is 18.2 Å². The predicted octanol–water partition coefficient (Wildman–Crippen LogP) is 4.67. The molecule has 1 saturated heterocycles. The third kappa shape index (κ3) is 4.90. The number of hydrogen-bond donors (Lipinski definition) is 1. The quantitative estimate of drug-likeness (QED) is 0.547. The van der Waals surface area contributed by atoms with Gasteiger partial charge in [-0.25, -0.2) is 0 Å². The first-order chi connectivity index (χ1) is 13.4. The number of morpholine rings is 1. The number of carbonyl (C=O) groups excluding carboxylic acids is 1. The molecule has 0 spiro atoms. The highest BCUT2D eigenvalue weighted by Gasteiger charge is 2.29. The van der Waals surface area contributed by atoms with Crippen molar-refractivity contribution in [1.29, 1.82) is 0 Å². The Morgan fingerprint density at radius 2 is 1.86 bits per heavy atom. The molecule has 0 bridgehead atoms. The Hall–Kier alpha value is -1.95. The number of nitrogens with zero attached hydrogens (tertiary/aromatic N) is 1. The Kier molecular flexibility index (Phi) is 6.70. The summed E-state index contributed by atoms with van der Waals surface area (Å²) < 4.78 is 5.42. The summed E-state index contributed by atoms with van der Waals surface area (Å²) >= 11 is 11.9. The molecule has 0 radical (unpaired) electrons. The molecular formula is C22H25ClN2O2S. The van der Waals surface area contributed by atoms with Crippen molar-refractivity contribution in [2.45, 2.75) is 13.8 Å². The van der Waals surface area contributed by atoms with Crippen LogP contribution in [0.25, 0.3) is 0 Å². The molecular weight excluding hydrogens is 392 g/mol. The molecule has 0 unspecified atom stereocenters. The van der Waals surface area contributed by atoms with E-state index in [0.29, 0.717) is 35.9 Å². The molecule has 1 aliphatic heterocycles. The summed E-state index contributed by atoms with van der Waals surface area (Å²) in [7, 11) is 0. The number of ketones is 1. The summed E-state index contributed by atoms with van der Waals surface area (Å²) in [6.45, 7) is 7.90. The Bertz CT molecular complexity index is 849. The van der Waals surface area contributed by atoms with Gasteiger partial charge in [0.25, 0.3) is 0 Å². The van der Waals surface area contributed by atoms with Crippen molar-refractivity contribution in [3.63, 3.8) is 0 Å². The van der Waals surface area contributed by atoms with E-state index in [9.17, 15) is 4.79 Å². The topological polar surface area (TPSA) is 41.6 Å². The van der Waals surface area contributed by atoms with Gasteiger partial charge in [-0.15, -0.1) is 0 Å². The van der Waals surface area contributed by atoms with Gasteiger partial charge in [0, 0.05) is 46.9 Å². The molecule has 1 heterocycles. The molecule has 2 aromatic carbocycles. The van der Waals surface area contributed by atoms with E-state index < -0.39 is 0 Å². The number of hydrogen-bond acceptors (Lipinski definition) is 4. The molecule has 28 heavy (non-hydrogen) atoms. The first-order valence-electron chi connectivity index (χ1n) is 9.39. The highest BCUT2D eigenvalue weighted by molar-refractivity contribution is 7.80. The second-order valence-corrected chi connectivity index (χ2v) is 8.35. The Morgan fingerprint density at radius 1 is 1.18 bits per heavy atom. The highest BCUT2D eigenvalue weighted by atomic mass is 35.5. The van der Waals surface area contributed by atoms with Crippen LogP contribution < -0.4 is 5.32 Å². The maximum atomic E-state index is 13.0. The van der Waals surface area contributed by atoms with E-state index in [1.54, 1.807) is 12.1 Å². The lowest BCUT2D eigenvalue weighted by Gasteiger charge is -2.37. The number of halogens is 1. The molecule has 4 nitrogen and oxygen atoms in total. The Balaban J connectivity index is 1.77. The zero-order valence-corrected chi connectivity index (χ0v) is 17.8. The maximum absolute atomic E-state index is 13.0. The third-order valence-electron chi connectivity index (χ3n) is 4.86. The minimum Gasteiger partial charge on any atom is -0.383 e. The summed E-state index contributed by atoms with van der Waals surface area (Å²) in [5.74, 6) is -0.0563. The second kappa shape index (κ2) is 9.03. The number of carbonyl (C=O) groups is 1. The van der Waals surface area contributed by atoms with Crippen molar-refractivity contribution in [2.24, 2.45) is 5.41 Å². The number of rotatable bonds is 6. The van der Waals surface area contributed by atoms with E-state index in [1.807, 2.05) is 36.4 Å². The van der Waals surface area contributed by atoms with E-state index in [2.05, 4.69) is 24.1 Å². The highest BCUT2D eigenvalue weighted by Crippen LogP contribution is 2.27. The zero-order chi connectivity index (χ0) is 20.1. The van der Waals surface area contributed by atoms with Gasteiger partial charge in [-0.3, -0.25) is 4.79 Å². The summed E-state index contributed by atoms with van der Waals surface area (Å²) in [5, 5.41) is 3.96. The fraction of sp³-hybridized carbons (Fsp3) is 0.364. The normalized spacial score (nSPS) is 14.6. The van der Waals surface area contributed by atoms with Crippen molar-refractivity contribution in [2.75, 3.05) is 38.2 Å². The van der Waals surface area contributed by atoms with Crippen LogP contribution in [0.4, 0.5) is 5.69 Å². The molecule has 148 valence electrons. The second-order valence-electron chi connectivity index (χ2n) is 7.53. The van der Waals surface area contributed by atoms with E-state index in [1.165, 1.54) is 0 Å². The van der Waals surface area contributed by atoms with Crippen molar-refractivity contribution in [3.05, 3.63) is 64.7 Å². The minimum atomic E-state index is -0.251. The molecule has 0 aliphatic carbocycles. The molecule has 1 fully saturated rings. The average molecular weight is 417 g/mol. The maximum Gasteiger partial charge on any atom is 0.195 e. The van der Waals surface area contributed by atoms with Crippen LogP contribution in [0.1, 0.15) is 29.8 Å². The van der Waals surface area contributed by atoms with Crippen LogP contribution in [0.3, 0.4) is 0 Å². The zero-order valence-electron chi connectivity index (χ0n) is 16.2. The molecule has 6 heteroatoms. The molecule has 3 rings (SSSR count).